The molecule has 2 aliphatic heterocycles. The van der Waals surface area contributed by atoms with Crippen LogP contribution in [0.4, 0.5) is 9.93 Å². The van der Waals surface area contributed by atoms with E-state index in [0.29, 0.717) is 15.7 Å². The zero-order valence-corrected chi connectivity index (χ0v) is 42.5. The molecule has 0 saturated carbocycles. The molecule has 2 atom stereocenters. The number of rotatable bonds is 17. The van der Waals surface area contributed by atoms with Gasteiger partial charge in [0.05, 0.1) is 6.20 Å². The SMILES string of the molecule is CC(C)(C)OC(=O)Nc1nc(/C(=N/OC(c2ccccc2)(c2ccccc2)c2ccccc2)C(=O)N[C@@H]2C(=O)N3C(C(=O)OC(c4ccccc4)c4ccccc4)=C(SCSc4cnns4)CS[C@H]23)cs1. The van der Waals surface area contributed by atoms with Crippen LogP contribution in [0.15, 0.2) is 183 Å². The molecule has 14 nitrogen and oxygen atoms in total. The highest BCUT2D eigenvalue weighted by atomic mass is 32.2. The van der Waals surface area contributed by atoms with Crippen LogP contribution < -0.4 is 10.6 Å². The number of hydrogen-bond donors (Lipinski definition) is 2. The number of fused-ring (bicyclic) bond motifs is 1. The zero-order chi connectivity index (χ0) is 49.4. The molecular formula is C52H45N7O7S5. The average Bonchev–Trinajstić information content (AvgIpc) is 4.09. The molecule has 2 aliphatic rings. The number of thioether (sulfide) groups is 3. The minimum Gasteiger partial charge on any atom is -0.448 e. The number of amides is 3. The first kappa shape index (κ1) is 49.2. The molecule has 1 fully saturated rings. The van der Waals surface area contributed by atoms with Crippen molar-refractivity contribution in [3.05, 3.63) is 207 Å². The molecule has 3 amide bonds. The number of hydrogen-bond acceptors (Lipinski definition) is 16. The van der Waals surface area contributed by atoms with Crippen LogP contribution in [0.1, 0.15) is 60.4 Å². The van der Waals surface area contributed by atoms with Crippen LogP contribution >= 0.6 is 58.2 Å². The molecular weight excluding hydrogens is 995 g/mol. The summed E-state index contributed by atoms with van der Waals surface area (Å²) in [5.74, 6) is -1.63. The summed E-state index contributed by atoms with van der Waals surface area (Å²) in [6.45, 7) is 5.23. The van der Waals surface area contributed by atoms with Crippen LogP contribution in [0.25, 0.3) is 0 Å². The Bertz CT molecular complexity index is 2900. The largest absolute Gasteiger partial charge is 0.448 e. The average molecular weight is 1040 g/mol. The quantitative estimate of drug-likeness (QED) is 0.0168. The van der Waals surface area contributed by atoms with E-state index in [1.807, 2.05) is 152 Å². The van der Waals surface area contributed by atoms with E-state index in [1.54, 1.807) is 32.3 Å². The van der Waals surface area contributed by atoms with E-state index in [4.69, 9.17) is 14.3 Å². The molecule has 0 unspecified atom stereocenters. The van der Waals surface area contributed by atoms with Gasteiger partial charge in [0.15, 0.2) is 16.9 Å². The van der Waals surface area contributed by atoms with Gasteiger partial charge in [-0.1, -0.05) is 161 Å². The van der Waals surface area contributed by atoms with Crippen molar-refractivity contribution in [3.8, 4) is 0 Å². The minimum absolute atomic E-state index is 0.0610. The van der Waals surface area contributed by atoms with Crippen molar-refractivity contribution in [2.75, 3.05) is 16.2 Å². The number of thiazole rings is 1. The second-order valence-electron chi connectivity index (χ2n) is 16.9. The van der Waals surface area contributed by atoms with E-state index < -0.39 is 52.6 Å². The van der Waals surface area contributed by atoms with Crippen LogP contribution in [0.2, 0.25) is 0 Å². The van der Waals surface area contributed by atoms with E-state index in [0.717, 1.165) is 43.4 Å². The summed E-state index contributed by atoms with van der Waals surface area (Å²) >= 11 is 6.69. The van der Waals surface area contributed by atoms with E-state index in [9.17, 15) is 19.2 Å². The summed E-state index contributed by atoms with van der Waals surface area (Å²) in [5, 5.41) is 15.7. The van der Waals surface area contributed by atoms with Crippen molar-refractivity contribution < 1.29 is 33.5 Å². The summed E-state index contributed by atoms with van der Waals surface area (Å²) in [6, 6.07) is 46.3. The van der Waals surface area contributed by atoms with Gasteiger partial charge in [-0.05, 0) is 43.4 Å². The third-order valence-corrected chi connectivity index (χ3v) is 16.3. The Balaban J connectivity index is 1.05. The lowest BCUT2D eigenvalue weighted by molar-refractivity contribution is -0.154. The lowest BCUT2D eigenvalue weighted by Gasteiger charge is -2.49. The monoisotopic (exact) mass is 1040 g/mol. The molecule has 5 aromatic carbocycles. The van der Waals surface area contributed by atoms with Crippen LogP contribution in [0.5, 0.6) is 0 Å². The van der Waals surface area contributed by atoms with Gasteiger partial charge in [0.2, 0.25) is 5.60 Å². The van der Waals surface area contributed by atoms with Gasteiger partial charge >= 0.3 is 12.1 Å². The minimum atomic E-state index is -1.38. The number of β-lactam (4-membered cyclic amide) rings is 1. The maximum absolute atomic E-state index is 14.9. The Kier molecular flexibility index (Phi) is 15.3. The highest BCUT2D eigenvalue weighted by Gasteiger charge is 2.55. The molecule has 360 valence electrons. The van der Waals surface area contributed by atoms with Crippen molar-refractivity contribution in [1.29, 1.82) is 0 Å². The maximum atomic E-state index is 14.9. The fraction of sp³-hybridized carbons (Fsp3) is 0.192. The molecule has 19 heteroatoms. The number of carbonyl (C=O) groups is 4. The highest BCUT2D eigenvalue weighted by molar-refractivity contribution is 8.19. The van der Waals surface area contributed by atoms with Crippen LogP contribution in [0, 0.1) is 0 Å². The summed E-state index contributed by atoms with van der Waals surface area (Å²) in [5.41, 5.74) is 1.42. The van der Waals surface area contributed by atoms with E-state index >= 15 is 0 Å². The Morgan fingerprint density at radius 1 is 0.803 bits per heavy atom. The van der Waals surface area contributed by atoms with E-state index in [-0.39, 0.29) is 22.2 Å². The summed E-state index contributed by atoms with van der Waals surface area (Å²) in [6.07, 6.45) is 0.169. The molecule has 0 aliphatic carbocycles. The fourth-order valence-electron chi connectivity index (χ4n) is 7.85. The molecule has 2 N–H and O–H groups in total. The first-order valence-corrected chi connectivity index (χ1v) is 26.9. The standard InChI is InChI=1S/C52H45N7O7S5/c1-51(2,3)65-50(63)56-49-54-38(30-68-49)41(57-66-52(35-23-13-6-14-24-35,36-25-15-7-16-26-36)37-27-17-8-18-28-37)45(60)55-42-46(61)59-43(39(31-67-47(42)59)69-32-70-40-29-53-58-71-40)48(62)64-44(33-19-9-4-10-20-33)34-21-11-5-12-22-34/h4-30,42,44,47H,31-32H2,1-3H3,(H,55,60)(H,54,56,63)/b57-41-/t42-,47-/m1/s1. The van der Waals surface area contributed by atoms with Crippen molar-refractivity contribution in [1.82, 2.24) is 24.8 Å². The fourth-order valence-corrected chi connectivity index (χ4v) is 13.0. The molecule has 71 heavy (non-hydrogen) atoms. The summed E-state index contributed by atoms with van der Waals surface area (Å²) in [7, 11) is 0. The molecule has 0 spiro atoms. The molecule has 0 radical (unpaired) electrons. The summed E-state index contributed by atoms with van der Waals surface area (Å²) < 4.78 is 16.7. The first-order chi connectivity index (χ1) is 34.5. The number of oxime groups is 1. The highest BCUT2D eigenvalue weighted by Crippen LogP contribution is 2.46. The molecule has 1 saturated heterocycles. The molecule has 2 aromatic heterocycles. The second kappa shape index (κ2) is 22.1. The molecule has 9 rings (SSSR count). The van der Waals surface area contributed by atoms with Gasteiger partial charge in [0.25, 0.3) is 11.8 Å². The van der Waals surface area contributed by atoms with Gasteiger partial charge < -0.3 is 19.6 Å². The van der Waals surface area contributed by atoms with Crippen LogP contribution in [-0.2, 0) is 34.3 Å². The van der Waals surface area contributed by atoms with E-state index in [1.165, 1.54) is 51.7 Å². The summed E-state index contributed by atoms with van der Waals surface area (Å²) in [4.78, 5) is 70.6. The molecule has 4 heterocycles. The van der Waals surface area contributed by atoms with Gasteiger partial charge in [-0.25, -0.2) is 14.6 Å². The number of aromatic nitrogens is 3. The number of nitrogens with zero attached hydrogens (tertiary/aromatic N) is 5. The number of nitrogens with one attached hydrogen (secondary N) is 2. The van der Waals surface area contributed by atoms with Crippen molar-refractivity contribution in [2.24, 2.45) is 5.16 Å². The number of benzene rings is 5. The second-order valence-corrected chi connectivity index (χ2v) is 22.3. The van der Waals surface area contributed by atoms with Crippen molar-refractivity contribution in [3.63, 3.8) is 0 Å². The number of anilines is 1. The molecule has 7 aromatic rings. The van der Waals surface area contributed by atoms with Crippen LogP contribution in [-0.4, -0.2) is 76.9 Å². The van der Waals surface area contributed by atoms with Gasteiger partial charge in [-0.15, -0.1) is 51.7 Å². The molecule has 0 bridgehead atoms. The Morgan fingerprint density at radius 2 is 1.37 bits per heavy atom. The van der Waals surface area contributed by atoms with Crippen molar-refractivity contribution in [2.45, 2.75) is 53.7 Å². The Labute approximate surface area is 430 Å². The zero-order valence-electron chi connectivity index (χ0n) is 38.4. The maximum Gasteiger partial charge on any atom is 0.413 e. The van der Waals surface area contributed by atoms with Gasteiger partial charge in [-0.2, -0.15) is 0 Å². The van der Waals surface area contributed by atoms with Gasteiger partial charge in [0.1, 0.15) is 32.6 Å². The third kappa shape index (κ3) is 11.2. The number of ether oxygens (including phenoxy) is 2. The number of carbonyl (C=O) groups excluding carboxylic acids is 4. The smallest absolute Gasteiger partial charge is 0.413 e. The van der Waals surface area contributed by atoms with Gasteiger partial charge in [0, 0.05) is 37.8 Å². The predicted molar refractivity (Wildman–Crippen MR) is 280 cm³/mol. The Hall–Kier alpha value is -6.77. The third-order valence-electron chi connectivity index (χ3n) is 11.0. The van der Waals surface area contributed by atoms with Crippen molar-refractivity contribution >= 4 is 92.9 Å². The predicted octanol–water partition coefficient (Wildman–Crippen LogP) is 10.5. The lowest BCUT2D eigenvalue weighted by atomic mass is 9.80. The van der Waals surface area contributed by atoms with Crippen LogP contribution in [0.3, 0.4) is 0 Å². The lowest BCUT2D eigenvalue weighted by Crippen LogP contribution is -2.71. The Morgan fingerprint density at radius 3 is 1.90 bits per heavy atom. The normalized spacial score (nSPS) is 15.9. The van der Waals surface area contributed by atoms with E-state index in [2.05, 4.69) is 30.4 Å². The van der Waals surface area contributed by atoms with Gasteiger partial charge in [-0.3, -0.25) is 19.8 Å². The topological polar surface area (TPSA) is 174 Å². The first-order valence-electron chi connectivity index (χ1n) is 22.2. The number of esters is 1.